The van der Waals surface area contributed by atoms with E-state index in [0.717, 1.165) is 35.3 Å². The van der Waals surface area contributed by atoms with Gasteiger partial charge in [0, 0.05) is 4.88 Å². The highest BCUT2D eigenvalue weighted by atomic mass is 32.1. The number of carbonyl (C=O) groups is 2. The average molecular weight is 301 g/mol. The van der Waals surface area contributed by atoms with Crippen LogP contribution in [0.3, 0.4) is 0 Å². The first kappa shape index (κ1) is 13.8. The maximum atomic E-state index is 12.1. The Kier molecular flexibility index (Phi) is 3.75. The van der Waals surface area contributed by atoms with Crippen molar-refractivity contribution in [2.24, 2.45) is 0 Å². The standard InChI is InChI=1S/C16H15NO3S/c18-13(9-10-5-2-1-3-6-10)17-15-14(16(19)20)11-7-4-8-12(11)21-15/h1-3,5-6H,4,7-9H2,(H,17,18)(H,19,20). The lowest BCUT2D eigenvalue weighted by Crippen LogP contribution is -2.15. The van der Waals surface area contributed by atoms with E-state index in [1.54, 1.807) is 0 Å². The van der Waals surface area contributed by atoms with Gasteiger partial charge in [0.25, 0.3) is 0 Å². The minimum atomic E-state index is -0.954. The van der Waals surface area contributed by atoms with Gasteiger partial charge in [0.1, 0.15) is 5.00 Å². The van der Waals surface area contributed by atoms with E-state index >= 15 is 0 Å². The van der Waals surface area contributed by atoms with E-state index in [1.165, 1.54) is 11.3 Å². The van der Waals surface area contributed by atoms with Gasteiger partial charge < -0.3 is 10.4 Å². The molecule has 0 atom stereocenters. The summed E-state index contributed by atoms with van der Waals surface area (Å²) in [7, 11) is 0. The summed E-state index contributed by atoms with van der Waals surface area (Å²) in [5.41, 5.74) is 2.10. The Balaban J connectivity index is 1.79. The van der Waals surface area contributed by atoms with Gasteiger partial charge in [-0.1, -0.05) is 30.3 Å². The molecule has 4 nitrogen and oxygen atoms in total. The first-order valence-corrected chi connectivity index (χ1v) is 7.68. The van der Waals surface area contributed by atoms with Crippen molar-refractivity contribution in [3.05, 3.63) is 51.9 Å². The number of fused-ring (bicyclic) bond motifs is 1. The first-order chi connectivity index (χ1) is 10.1. The monoisotopic (exact) mass is 301 g/mol. The van der Waals surface area contributed by atoms with Gasteiger partial charge >= 0.3 is 5.97 Å². The third-order valence-electron chi connectivity index (χ3n) is 3.60. The fraction of sp³-hybridized carbons (Fsp3) is 0.250. The fourth-order valence-corrected chi connectivity index (χ4v) is 3.97. The van der Waals surface area contributed by atoms with E-state index < -0.39 is 5.97 Å². The summed E-state index contributed by atoms with van der Waals surface area (Å²) in [4.78, 5) is 24.6. The predicted octanol–water partition coefficient (Wildman–Crippen LogP) is 3.12. The lowest BCUT2D eigenvalue weighted by molar-refractivity contribution is -0.115. The molecule has 0 aliphatic heterocycles. The molecule has 3 rings (SSSR count). The third kappa shape index (κ3) is 2.83. The van der Waals surface area contributed by atoms with Crippen molar-refractivity contribution < 1.29 is 14.7 Å². The van der Waals surface area contributed by atoms with Gasteiger partial charge in [-0.05, 0) is 30.4 Å². The number of carboxylic acids is 1. The molecule has 0 radical (unpaired) electrons. The minimum absolute atomic E-state index is 0.177. The molecule has 21 heavy (non-hydrogen) atoms. The van der Waals surface area contributed by atoms with Crippen LogP contribution in [-0.2, 0) is 24.1 Å². The van der Waals surface area contributed by atoms with Crippen LogP contribution in [0.15, 0.2) is 30.3 Å². The van der Waals surface area contributed by atoms with Gasteiger partial charge in [-0.2, -0.15) is 0 Å². The molecule has 0 bridgehead atoms. The molecule has 1 aromatic carbocycles. The lowest BCUT2D eigenvalue weighted by atomic mass is 10.1. The van der Waals surface area contributed by atoms with Crippen LogP contribution in [-0.4, -0.2) is 17.0 Å². The number of carboxylic acid groups (broad SMARTS) is 1. The van der Waals surface area contributed by atoms with Crippen LogP contribution in [0.25, 0.3) is 0 Å². The molecule has 0 saturated carbocycles. The van der Waals surface area contributed by atoms with Crippen molar-refractivity contribution in [3.63, 3.8) is 0 Å². The highest BCUT2D eigenvalue weighted by molar-refractivity contribution is 7.17. The van der Waals surface area contributed by atoms with Crippen LogP contribution in [0.1, 0.15) is 32.8 Å². The second-order valence-corrected chi connectivity index (χ2v) is 6.18. The molecule has 0 saturated heterocycles. The molecule has 1 aliphatic carbocycles. The van der Waals surface area contributed by atoms with Gasteiger partial charge in [-0.3, -0.25) is 4.79 Å². The van der Waals surface area contributed by atoms with Gasteiger partial charge in [0.15, 0.2) is 0 Å². The topological polar surface area (TPSA) is 66.4 Å². The first-order valence-electron chi connectivity index (χ1n) is 6.87. The molecular weight excluding hydrogens is 286 g/mol. The lowest BCUT2D eigenvalue weighted by Gasteiger charge is -2.05. The van der Waals surface area contributed by atoms with Crippen LogP contribution in [0.4, 0.5) is 5.00 Å². The summed E-state index contributed by atoms with van der Waals surface area (Å²) < 4.78 is 0. The van der Waals surface area contributed by atoms with E-state index in [1.807, 2.05) is 30.3 Å². The molecule has 1 heterocycles. The second-order valence-electron chi connectivity index (χ2n) is 5.08. The molecule has 0 fully saturated rings. The van der Waals surface area contributed by atoms with Gasteiger partial charge in [0.2, 0.25) is 5.91 Å². The van der Waals surface area contributed by atoms with Crippen molar-refractivity contribution in [3.8, 4) is 0 Å². The van der Waals surface area contributed by atoms with Crippen molar-refractivity contribution in [2.45, 2.75) is 25.7 Å². The van der Waals surface area contributed by atoms with Crippen LogP contribution < -0.4 is 5.32 Å². The SMILES string of the molecule is O=C(Cc1ccccc1)Nc1sc2c(c1C(=O)O)CCC2. The molecule has 0 unspecified atom stereocenters. The van der Waals surface area contributed by atoms with E-state index in [0.29, 0.717) is 5.00 Å². The summed E-state index contributed by atoms with van der Waals surface area (Å²) in [6.45, 7) is 0. The number of carbonyl (C=O) groups excluding carboxylic acids is 1. The summed E-state index contributed by atoms with van der Waals surface area (Å²) in [6.07, 6.45) is 2.96. The zero-order valence-electron chi connectivity index (χ0n) is 11.4. The van der Waals surface area contributed by atoms with Crippen LogP contribution in [0.5, 0.6) is 0 Å². The van der Waals surface area contributed by atoms with E-state index in [2.05, 4.69) is 5.32 Å². The number of hydrogen-bond donors (Lipinski definition) is 2. The van der Waals surface area contributed by atoms with Crippen LogP contribution in [0, 0.1) is 0 Å². The summed E-state index contributed by atoms with van der Waals surface area (Å²) in [6, 6.07) is 9.42. The normalized spacial score (nSPS) is 13.0. The second kappa shape index (κ2) is 5.69. The Morgan fingerprint density at radius 1 is 1.19 bits per heavy atom. The Morgan fingerprint density at radius 3 is 2.67 bits per heavy atom. The average Bonchev–Trinajstić information content (AvgIpc) is 2.99. The number of benzene rings is 1. The smallest absolute Gasteiger partial charge is 0.339 e. The van der Waals surface area contributed by atoms with Gasteiger partial charge in [-0.25, -0.2) is 4.79 Å². The van der Waals surface area contributed by atoms with Crippen LogP contribution >= 0.6 is 11.3 Å². The predicted molar refractivity (Wildman–Crippen MR) is 82.1 cm³/mol. The number of nitrogens with one attached hydrogen (secondary N) is 1. The zero-order chi connectivity index (χ0) is 14.8. The molecule has 2 N–H and O–H groups in total. The number of thiophene rings is 1. The largest absolute Gasteiger partial charge is 0.478 e. The van der Waals surface area contributed by atoms with Crippen LogP contribution in [0.2, 0.25) is 0 Å². The summed E-state index contributed by atoms with van der Waals surface area (Å²) >= 11 is 1.40. The summed E-state index contributed by atoms with van der Waals surface area (Å²) in [5, 5.41) is 12.6. The third-order valence-corrected chi connectivity index (χ3v) is 4.80. The van der Waals surface area contributed by atoms with Crippen molar-refractivity contribution in [1.29, 1.82) is 0 Å². The van der Waals surface area contributed by atoms with E-state index in [-0.39, 0.29) is 17.9 Å². The number of rotatable bonds is 4. The molecule has 2 aromatic rings. The van der Waals surface area contributed by atoms with Gasteiger partial charge in [-0.15, -0.1) is 11.3 Å². The quantitative estimate of drug-likeness (QED) is 0.912. The highest BCUT2D eigenvalue weighted by Gasteiger charge is 2.27. The molecule has 1 aromatic heterocycles. The number of hydrogen-bond acceptors (Lipinski definition) is 3. The fourth-order valence-electron chi connectivity index (χ4n) is 2.67. The molecular formula is C16H15NO3S. The van der Waals surface area contributed by atoms with Crippen molar-refractivity contribution >= 4 is 28.2 Å². The highest BCUT2D eigenvalue weighted by Crippen LogP contribution is 2.39. The molecule has 1 amide bonds. The minimum Gasteiger partial charge on any atom is -0.478 e. The van der Waals surface area contributed by atoms with Crippen molar-refractivity contribution in [2.75, 3.05) is 5.32 Å². The number of anilines is 1. The number of aromatic carboxylic acids is 1. The van der Waals surface area contributed by atoms with Crippen molar-refractivity contribution in [1.82, 2.24) is 0 Å². The Bertz CT molecular complexity index is 691. The Hall–Kier alpha value is -2.14. The van der Waals surface area contributed by atoms with E-state index in [4.69, 9.17) is 0 Å². The molecule has 108 valence electrons. The summed E-state index contributed by atoms with van der Waals surface area (Å²) in [5.74, 6) is -1.13. The molecule has 0 spiro atoms. The number of aryl methyl sites for hydroxylation is 1. The molecule has 5 heteroatoms. The maximum absolute atomic E-state index is 12.1. The Labute approximate surface area is 126 Å². The molecule has 1 aliphatic rings. The number of amides is 1. The zero-order valence-corrected chi connectivity index (χ0v) is 12.2. The maximum Gasteiger partial charge on any atom is 0.339 e. The van der Waals surface area contributed by atoms with Gasteiger partial charge in [0.05, 0.1) is 12.0 Å². The Morgan fingerprint density at radius 2 is 1.95 bits per heavy atom. The van der Waals surface area contributed by atoms with E-state index in [9.17, 15) is 14.7 Å².